The van der Waals surface area contributed by atoms with Crippen LogP contribution in [0.3, 0.4) is 0 Å². The standard InChI is InChI=1S/C13H15N3O5/c1-9-13(18)14-6-7-15(9)12(17)8-21-11-4-2-10(3-5-11)16(19)20/h2-5,9H,6-8H2,1H3,(H,14,18). The fourth-order valence-electron chi connectivity index (χ4n) is 2.02. The van der Waals surface area contributed by atoms with Gasteiger partial charge in [-0.25, -0.2) is 0 Å². The summed E-state index contributed by atoms with van der Waals surface area (Å²) in [5.74, 6) is -0.122. The monoisotopic (exact) mass is 293 g/mol. The van der Waals surface area contributed by atoms with Crippen LogP contribution >= 0.6 is 0 Å². The van der Waals surface area contributed by atoms with E-state index in [-0.39, 0.29) is 24.1 Å². The predicted molar refractivity (Wildman–Crippen MR) is 72.8 cm³/mol. The van der Waals surface area contributed by atoms with Gasteiger partial charge in [-0.2, -0.15) is 0 Å². The minimum absolute atomic E-state index is 0.0463. The van der Waals surface area contributed by atoms with E-state index < -0.39 is 11.0 Å². The topological polar surface area (TPSA) is 102 Å². The Kier molecular flexibility index (Phi) is 4.36. The number of carbonyl (C=O) groups is 2. The molecule has 1 N–H and O–H groups in total. The van der Waals surface area contributed by atoms with E-state index >= 15 is 0 Å². The Labute approximate surface area is 120 Å². The molecule has 2 amide bonds. The number of nitro groups is 1. The van der Waals surface area contributed by atoms with E-state index in [1.54, 1.807) is 6.92 Å². The van der Waals surface area contributed by atoms with E-state index in [9.17, 15) is 19.7 Å². The molecule has 1 aliphatic heterocycles. The molecule has 1 aliphatic rings. The van der Waals surface area contributed by atoms with Crippen molar-refractivity contribution in [2.45, 2.75) is 13.0 Å². The number of ether oxygens (including phenoxy) is 1. The maximum atomic E-state index is 12.0. The fourth-order valence-corrected chi connectivity index (χ4v) is 2.02. The average Bonchev–Trinajstić information content (AvgIpc) is 2.48. The highest BCUT2D eigenvalue weighted by atomic mass is 16.6. The van der Waals surface area contributed by atoms with Crippen molar-refractivity contribution in [1.29, 1.82) is 0 Å². The molecule has 0 saturated carbocycles. The highest BCUT2D eigenvalue weighted by Gasteiger charge is 2.29. The minimum atomic E-state index is -0.522. The van der Waals surface area contributed by atoms with Gasteiger partial charge in [0, 0.05) is 25.2 Å². The van der Waals surface area contributed by atoms with Gasteiger partial charge in [0.05, 0.1) is 4.92 Å². The molecule has 8 nitrogen and oxygen atoms in total. The predicted octanol–water partition coefficient (Wildman–Crippen LogP) is 0.321. The van der Waals surface area contributed by atoms with E-state index in [0.29, 0.717) is 18.8 Å². The van der Waals surface area contributed by atoms with Crippen molar-refractivity contribution < 1.29 is 19.2 Å². The summed E-state index contributed by atoms with van der Waals surface area (Å²) in [6.07, 6.45) is 0. The maximum Gasteiger partial charge on any atom is 0.269 e. The zero-order valence-electron chi connectivity index (χ0n) is 11.4. The molecule has 2 rings (SSSR count). The zero-order chi connectivity index (χ0) is 15.4. The van der Waals surface area contributed by atoms with Gasteiger partial charge in [0.2, 0.25) is 5.91 Å². The van der Waals surface area contributed by atoms with Crippen molar-refractivity contribution in [2.24, 2.45) is 0 Å². The first-order valence-corrected chi connectivity index (χ1v) is 6.43. The molecule has 1 unspecified atom stereocenters. The zero-order valence-corrected chi connectivity index (χ0v) is 11.4. The summed E-state index contributed by atoms with van der Waals surface area (Å²) in [5.41, 5.74) is -0.0463. The summed E-state index contributed by atoms with van der Waals surface area (Å²) in [7, 11) is 0. The van der Waals surface area contributed by atoms with E-state index in [1.165, 1.54) is 29.2 Å². The third-order valence-electron chi connectivity index (χ3n) is 3.23. The number of nitro benzene ring substituents is 1. The Morgan fingerprint density at radius 2 is 2.14 bits per heavy atom. The summed E-state index contributed by atoms with van der Waals surface area (Å²) in [6.45, 7) is 2.30. The van der Waals surface area contributed by atoms with Gasteiger partial charge in [-0.05, 0) is 19.1 Å². The summed E-state index contributed by atoms with van der Waals surface area (Å²) in [6, 6.07) is 4.94. The van der Waals surface area contributed by atoms with Gasteiger partial charge in [-0.15, -0.1) is 0 Å². The van der Waals surface area contributed by atoms with Crippen LogP contribution in [-0.2, 0) is 9.59 Å². The lowest BCUT2D eigenvalue weighted by molar-refractivity contribution is -0.384. The summed E-state index contributed by atoms with van der Waals surface area (Å²) in [5, 5.41) is 13.2. The van der Waals surface area contributed by atoms with Crippen LogP contribution in [0.2, 0.25) is 0 Å². The van der Waals surface area contributed by atoms with Crippen molar-refractivity contribution in [3.05, 3.63) is 34.4 Å². The molecule has 21 heavy (non-hydrogen) atoms. The number of benzene rings is 1. The number of nitrogens with zero attached hydrogens (tertiary/aromatic N) is 2. The van der Waals surface area contributed by atoms with Gasteiger partial charge < -0.3 is 15.0 Å². The van der Waals surface area contributed by atoms with Crippen LogP contribution in [0.1, 0.15) is 6.92 Å². The second-order valence-corrected chi connectivity index (χ2v) is 4.59. The third-order valence-corrected chi connectivity index (χ3v) is 3.23. The highest BCUT2D eigenvalue weighted by Crippen LogP contribution is 2.17. The van der Waals surface area contributed by atoms with Gasteiger partial charge in [-0.3, -0.25) is 19.7 Å². The van der Waals surface area contributed by atoms with E-state index in [0.717, 1.165) is 0 Å². The van der Waals surface area contributed by atoms with Crippen molar-refractivity contribution >= 4 is 17.5 Å². The van der Waals surface area contributed by atoms with Crippen LogP contribution < -0.4 is 10.1 Å². The molecule has 1 aromatic carbocycles. The second-order valence-electron chi connectivity index (χ2n) is 4.59. The normalized spacial score (nSPS) is 18.0. The number of nitrogens with one attached hydrogen (secondary N) is 1. The quantitative estimate of drug-likeness (QED) is 0.636. The molecule has 1 fully saturated rings. The Morgan fingerprint density at radius 1 is 1.48 bits per heavy atom. The number of hydrogen-bond acceptors (Lipinski definition) is 5. The molecule has 8 heteroatoms. The summed E-state index contributed by atoms with van der Waals surface area (Å²) in [4.78, 5) is 34.9. The maximum absolute atomic E-state index is 12.0. The van der Waals surface area contributed by atoms with Crippen LogP contribution in [0.25, 0.3) is 0 Å². The molecule has 0 aromatic heterocycles. The lowest BCUT2D eigenvalue weighted by atomic mass is 10.2. The van der Waals surface area contributed by atoms with Gasteiger partial charge in [0.25, 0.3) is 11.6 Å². The number of carbonyl (C=O) groups excluding carboxylic acids is 2. The van der Waals surface area contributed by atoms with Crippen molar-refractivity contribution in [2.75, 3.05) is 19.7 Å². The Hall–Kier alpha value is -2.64. The third kappa shape index (κ3) is 3.47. The van der Waals surface area contributed by atoms with E-state index in [2.05, 4.69) is 5.32 Å². The number of piperazine rings is 1. The molecule has 1 heterocycles. The van der Waals surface area contributed by atoms with Gasteiger partial charge in [0.15, 0.2) is 6.61 Å². The van der Waals surface area contributed by atoms with Crippen molar-refractivity contribution in [3.8, 4) is 5.75 Å². The molecule has 112 valence electrons. The number of hydrogen-bond donors (Lipinski definition) is 1. The largest absolute Gasteiger partial charge is 0.484 e. The lowest BCUT2D eigenvalue weighted by Crippen LogP contribution is -2.56. The van der Waals surface area contributed by atoms with E-state index in [4.69, 9.17) is 4.74 Å². The van der Waals surface area contributed by atoms with Gasteiger partial charge >= 0.3 is 0 Å². The highest BCUT2D eigenvalue weighted by molar-refractivity contribution is 5.89. The van der Waals surface area contributed by atoms with Crippen molar-refractivity contribution in [1.82, 2.24) is 10.2 Å². The van der Waals surface area contributed by atoms with Gasteiger partial charge in [0.1, 0.15) is 11.8 Å². The first-order chi connectivity index (χ1) is 9.99. The molecule has 0 radical (unpaired) electrons. The number of rotatable bonds is 4. The van der Waals surface area contributed by atoms with E-state index in [1.807, 2.05) is 0 Å². The molecule has 1 saturated heterocycles. The SMILES string of the molecule is CC1C(=O)NCCN1C(=O)COc1ccc([N+](=O)[O-])cc1. The molecule has 0 spiro atoms. The summed E-state index contributed by atoms with van der Waals surface area (Å²) < 4.78 is 5.29. The van der Waals surface area contributed by atoms with Crippen molar-refractivity contribution in [3.63, 3.8) is 0 Å². The molecule has 0 bridgehead atoms. The molecular formula is C13H15N3O5. The van der Waals surface area contributed by atoms with Crippen LogP contribution in [0.4, 0.5) is 5.69 Å². The van der Waals surface area contributed by atoms with Crippen LogP contribution in [0.15, 0.2) is 24.3 Å². The lowest BCUT2D eigenvalue weighted by Gasteiger charge is -2.32. The molecule has 1 aromatic rings. The Balaban J connectivity index is 1.91. The van der Waals surface area contributed by atoms with Crippen LogP contribution in [0.5, 0.6) is 5.75 Å². The molecule has 0 aliphatic carbocycles. The first-order valence-electron chi connectivity index (χ1n) is 6.43. The number of non-ortho nitro benzene ring substituents is 1. The minimum Gasteiger partial charge on any atom is -0.484 e. The Morgan fingerprint density at radius 3 is 2.76 bits per heavy atom. The fraction of sp³-hybridized carbons (Fsp3) is 0.385. The molecule has 1 atom stereocenters. The first kappa shape index (κ1) is 14.8. The van der Waals surface area contributed by atoms with Crippen LogP contribution in [-0.4, -0.2) is 47.4 Å². The van der Waals surface area contributed by atoms with Gasteiger partial charge in [-0.1, -0.05) is 0 Å². The van der Waals surface area contributed by atoms with Crippen LogP contribution in [0, 0.1) is 10.1 Å². The summed E-state index contributed by atoms with van der Waals surface area (Å²) >= 11 is 0. The smallest absolute Gasteiger partial charge is 0.269 e. The number of amides is 2. The Bertz CT molecular complexity index is 557. The average molecular weight is 293 g/mol. The second kappa shape index (κ2) is 6.21. The molecular weight excluding hydrogens is 278 g/mol.